The van der Waals surface area contributed by atoms with Crippen LogP contribution in [0, 0.1) is 5.92 Å². The zero-order valence-electron chi connectivity index (χ0n) is 4.89. The summed E-state index contributed by atoms with van der Waals surface area (Å²) in [6, 6.07) is 0. The molecule has 2 heteroatoms. The van der Waals surface area contributed by atoms with Gasteiger partial charge in [-0.05, 0) is 18.8 Å². The number of ether oxygens (including phenoxy) is 1. The van der Waals surface area contributed by atoms with Crippen molar-refractivity contribution in [3.63, 3.8) is 0 Å². The molecule has 1 aliphatic heterocycles. The number of rotatable bonds is 1. The van der Waals surface area contributed by atoms with Crippen molar-refractivity contribution in [2.45, 2.75) is 18.4 Å². The van der Waals surface area contributed by atoms with Gasteiger partial charge in [-0.15, -0.1) is 0 Å². The van der Waals surface area contributed by atoms with Gasteiger partial charge in [-0.25, -0.2) is 0 Å². The van der Waals surface area contributed by atoms with Gasteiger partial charge in [0.1, 0.15) is 0 Å². The van der Waals surface area contributed by atoms with Crippen LogP contribution in [-0.4, -0.2) is 18.8 Å². The van der Waals surface area contributed by atoms with Crippen molar-refractivity contribution in [2.75, 3.05) is 13.2 Å². The highest BCUT2D eigenvalue weighted by molar-refractivity contribution is 5.02. The van der Waals surface area contributed by atoms with E-state index >= 15 is 0 Å². The molecule has 1 aliphatic carbocycles. The lowest BCUT2D eigenvalue weighted by molar-refractivity contribution is -0.0646. The smallest absolute Gasteiger partial charge is 0.0672 e. The third kappa shape index (κ3) is 0.501. The second-order valence-electron chi connectivity index (χ2n) is 3.00. The largest absolute Gasteiger partial charge is 0.377 e. The summed E-state index contributed by atoms with van der Waals surface area (Å²) >= 11 is 0. The maximum absolute atomic E-state index is 5.88. The molecule has 2 fully saturated rings. The summed E-state index contributed by atoms with van der Waals surface area (Å²) in [5.41, 5.74) is 5.99. The van der Waals surface area contributed by atoms with E-state index in [9.17, 15) is 0 Å². The minimum Gasteiger partial charge on any atom is -0.377 e. The van der Waals surface area contributed by atoms with Gasteiger partial charge in [0.15, 0.2) is 0 Å². The van der Waals surface area contributed by atoms with Crippen molar-refractivity contribution in [1.29, 1.82) is 0 Å². The molecule has 0 bridgehead atoms. The van der Waals surface area contributed by atoms with Crippen LogP contribution in [0.2, 0.25) is 0 Å². The number of nitrogens with two attached hydrogens (primary N) is 1. The molecule has 1 heterocycles. The minimum absolute atomic E-state index is 0.111. The van der Waals surface area contributed by atoms with E-state index < -0.39 is 0 Å². The van der Waals surface area contributed by atoms with E-state index in [0.717, 1.165) is 19.1 Å². The Bertz CT molecular complexity index is 105. The Balaban J connectivity index is 1.99. The standard InChI is InChI=1S/C6H11NO/c7-6(3-8-4-6)5-1-2-5/h5H,1-4,7H2. The summed E-state index contributed by atoms with van der Waals surface area (Å²) < 4.78 is 5.01. The van der Waals surface area contributed by atoms with Gasteiger partial charge in [-0.3, -0.25) is 0 Å². The molecule has 0 spiro atoms. The Kier molecular flexibility index (Phi) is 0.746. The fourth-order valence-corrected chi connectivity index (χ4v) is 1.23. The maximum atomic E-state index is 5.88. The normalized spacial score (nSPS) is 34.1. The summed E-state index contributed by atoms with van der Waals surface area (Å²) in [5, 5.41) is 0. The lowest BCUT2D eigenvalue weighted by Crippen LogP contribution is -2.59. The van der Waals surface area contributed by atoms with Crippen molar-refractivity contribution >= 4 is 0 Å². The van der Waals surface area contributed by atoms with Crippen molar-refractivity contribution in [3.05, 3.63) is 0 Å². The Labute approximate surface area is 49.0 Å². The van der Waals surface area contributed by atoms with Crippen LogP contribution in [0.1, 0.15) is 12.8 Å². The lowest BCUT2D eigenvalue weighted by atomic mass is 9.93. The van der Waals surface area contributed by atoms with Crippen molar-refractivity contribution in [3.8, 4) is 0 Å². The summed E-state index contributed by atoms with van der Waals surface area (Å²) in [6.07, 6.45) is 2.67. The molecule has 0 atom stereocenters. The second-order valence-corrected chi connectivity index (χ2v) is 3.00. The highest BCUT2D eigenvalue weighted by Gasteiger charge is 2.47. The molecule has 0 aromatic heterocycles. The Morgan fingerprint density at radius 3 is 2.12 bits per heavy atom. The quantitative estimate of drug-likeness (QED) is 0.524. The topological polar surface area (TPSA) is 35.2 Å². The van der Waals surface area contributed by atoms with Crippen molar-refractivity contribution in [2.24, 2.45) is 11.7 Å². The molecule has 2 nitrogen and oxygen atoms in total. The van der Waals surface area contributed by atoms with Crippen LogP contribution in [0.5, 0.6) is 0 Å². The zero-order valence-corrected chi connectivity index (χ0v) is 4.89. The predicted molar refractivity (Wildman–Crippen MR) is 30.5 cm³/mol. The summed E-state index contributed by atoms with van der Waals surface area (Å²) in [6.45, 7) is 1.61. The van der Waals surface area contributed by atoms with Crippen LogP contribution in [0.3, 0.4) is 0 Å². The fraction of sp³-hybridized carbons (Fsp3) is 1.00. The zero-order chi connectivity index (χ0) is 5.61. The first-order chi connectivity index (χ1) is 3.81. The molecule has 0 radical (unpaired) electrons. The lowest BCUT2D eigenvalue weighted by Gasteiger charge is -2.37. The van der Waals surface area contributed by atoms with Crippen LogP contribution < -0.4 is 5.73 Å². The minimum atomic E-state index is 0.111. The van der Waals surface area contributed by atoms with Gasteiger partial charge in [0.2, 0.25) is 0 Å². The first-order valence-electron chi connectivity index (χ1n) is 3.18. The van der Waals surface area contributed by atoms with E-state index in [2.05, 4.69) is 0 Å². The molecule has 2 N–H and O–H groups in total. The average molecular weight is 113 g/mol. The van der Waals surface area contributed by atoms with Gasteiger partial charge >= 0.3 is 0 Å². The summed E-state index contributed by atoms with van der Waals surface area (Å²) in [4.78, 5) is 0. The van der Waals surface area contributed by atoms with Crippen LogP contribution >= 0.6 is 0 Å². The first-order valence-corrected chi connectivity index (χ1v) is 3.18. The third-order valence-corrected chi connectivity index (χ3v) is 2.13. The first kappa shape index (κ1) is 4.77. The highest BCUT2D eigenvalue weighted by atomic mass is 16.5. The molecule has 46 valence electrons. The van der Waals surface area contributed by atoms with Crippen LogP contribution in [-0.2, 0) is 4.74 Å². The van der Waals surface area contributed by atoms with Crippen LogP contribution in [0.4, 0.5) is 0 Å². The van der Waals surface area contributed by atoms with Gasteiger partial charge in [0, 0.05) is 0 Å². The molecule has 8 heavy (non-hydrogen) atoms. The number of hydrogen-bond donors (Lipinski definition) is 1. The predicted octanol–water partition coefficient (Wildman–Crippen LogP) is 0.124. The van der Waals surface area contributed by atoms with E-state index in [1.165, 1.54) is 12.8 Å². The molecule has 1 saturated heterocycles. The summed E-state index contributed by atoms with van der Waals surface area (Å²) in [5.74, 6) is 0.802. The van der Waals surface area contributed by atoms with E-state index in [-0.39, 0.29) is 5.54 Å². The van der Waals surface area contributed by atoms with E-state index in [0.29, 0.717) is 0 Å². The van der Waals surface area contributed by atoms with E-state index in [1.54, 1.807) is 0 Å². The SMILES string of the molecule is NC1(C2CC2)COC1. The Morgan fingerprint density at radius 2 is 2.00 bits per heavy atom. The highest BCUT2D eigenvalue weighted by Crippen LogP contribution is 2.41. The van der Waals surface area contributed by atoms with Crippen molar-refractivity contribution in [1.82, 2.24) is 0 Å². The molecule has 0 amide bonds. The van der Waals surface area contributed by atoms with Crippen LogP contribution in [0.25, 0.3) is 0 Å². The molecule has 2 aliphatic rings. The second kappa shape index (κ2) is 1.25. The van der Waals surface area contributed by atoms with Gasteiger partial charge in [0.05, 0.1) is 18.8 Å². The third-order valence-electron chi connectivity index (χ3n) is 2.13. The van der Waals surface area contributed by atoms with Gasteiger partial charge in [-0.1, -0.05) is 0 Å². The van der Waals surface area contributed by atoms with Gasteiger partial charge in [-0.2, -0.15) is 0 Å². The van der Waals surface area contributed by atoms with Crippen molar-refractivity contribution < 1.29 is 4.74 Å². The molecule has 1 saturated carbocycles. The average Bonchev–Trinajstić information content (AvgIpc) is 2.38. The molecular weight excluding hydrogens is 102 g/mol. The molecule has 0 aromatic rings. The van der Waals surface area contributed by atoms with Crippen LogP contribution in [0.15, 0.2) is 0 Å². The molecule has 0 aromatic carbocycles. The maximum Gasteiger partial charge on any atom is 0.0672 e. The van der Waals surface area contributed by atoms with E-state index in [1.807, 2.05) is 0 Å². The fourth-order valence-electron chi connectivity index (χ4n) is 1.23. The number of hydrogen-bond acceptors (Lipinski definition) is 2. The van der Waals surface area contributed by atoms with Gasteiger partial charge in [0.25, 0.3) is 0 Å². The molecule has 2 rings (SSSR count). The Morgan fingerprint density at radius 1 is 1.38 bits per heavy atom. The van der Waals surface area contributed by atoms with E-state index in [4.69, 9.17) is 10.5 Å². The Hall–Kier alpha value is -0.0800. The molecular formula is C6H11NO. The summed E-state index contributed by atoms with van der Waals surface area (Å²) in [7, 11) is 0. The monoisotopic (exact) mass is 113 g/mol. The van der Waals surface area contributed by atoms with Gasteiger partial charge < -0.3 is 10.5 Å². The molecule has 0 unspecified atom stereocenters.